The number of ketones is 2. The number of carbonyl (C=O) groups excluding carboxylic acids is 6. The van der Waals surface area contributed by atoms with E-state index >= 15 is 0 Å². The van der Waals surface area contributed by atoms with Crippen LogP contribution in [-0.4, -0.2) is 151 Å². The number of allylic oxidation sites excluding steroid dienone is 4. The predicted molar refractivity (Wildman–Crippen MR) is 331 cm³/mol. The number of benzene rings is 1. The summed E-state index contributed by atoms with van der Waals surface area (Å²) in [5, 5.41) is 48.7. The molecule has 21 heteroatoms. The maximum atomic E-state index is 13.9. The van der Waals surface area contributed by atoms with Crippen LogP contribution in [0, 0.1) is 51.8 Å². The SMILES string of the molecule is CC1=C(C)C(=O)C(C(C)(C)CC(=O)N(C)CCN(CCCCCC(=O)NCCCCC(NC(=O)CC[C@@H](C)[C@H]2CC[C@H]3C4CC[C@@H]5C[C@H](O)CC[C@]5(C)[C@H]4C[C@H](O)[C@]23C)C(=O)O)C(=O)Oc2ccc3nc(C4=NC(C(=O)O)CS4)sc3c2)=C(C)C1=O. The number of aliphatic hydroxyl groups is 2. The summed E-state index contributed by atoms with van der Waals surface area (Å²) in [7, 11) is 1.62. The van der Waals surface area contributed by atoms with Gasteiger partial charge in [0.05, 0.1) is 22.4 Å². The van der Waals surface area contributed by atoms with Crippen LogP contribution in [0.2, 0.25) is 0 Å². The number of aromatic nitrogens is 1. The van der Waals surface area contributed by atoms with E-state index in [2.05, 4.69) is 41.4 Å². The summed E-state index contributed by atoms with van der Waals surface area (Å²) in [5.74, 6) is -0.302. The number of unbranched alkanes of at least 4 members (excludes halogenated alkanes) is 3. The summed E-state index contributed by atoms with van der Waals surface area (Å²) in [4.78, 5) is 116. The molecule has 2 heterocycles. The molecule has 0 radical (unpaired) electrons. The number of aliphatic carboxylic acids is 2. The van der Waals surface area contributed by atoms with Gasteiger partial charge in [-0.05, 0) is 169 Å². The number of likely N-dealkylation sites (N-methyl/N-ethyl adjacent to an activating group) is 1. The number of fused-ring (bicyclic) bond motifs is 6. The van der Waals surface area contributed by atoms with Gasteiger partial charge in [0.15, 0.2) is 17.6 Å². The second kappa shape index (κ2) is 27.9. The fraction of sp³-hybridized carbons (Fsp3) is 0.692. The molecule has 4 fully saturated rings. The van der Waals surface area contributed by atoms with Crippen LogP contribution >= 0.6 is 23.1 Å². The molecule has 1 aliphatic heterocycles. The minimum atomic E-state index is -1.10. The van der Waals surface area contributed by atoms with Crippen LogP contribution in [-0.2, 0) is 33.6 Å². The highest BCUT2D eigenvalue weighted by molar-refractivity contribution is 8.15. The van der Waals surface area contributed by atoms with Gasteiger partial charge >= 0.3 is 18.0 Å². The number of hydrogen-bond acceptors (Lipinski definition) is 15. The van der Waals surface area contributed by atoms with E-state index in [4.69, 9.17) is 4.74 Å². The maximum Gasteiger partial charge on any atom is 0.415 e. The second-order valence-electron chi connectivity index (χ2n) is 26.9. The number of hydrogen-bond donors (Lipinski definition) is 6. The molecule has 4 saturated carbocycles. The number of thioether (sulfide) groups is 1. The maximum absolute atomic E-state index is 13.9. The fourth-order valence-corrected chi connectivity index (χ4v) is 17.9. The summed E-state index contributed by atoms with van der Waals surface area (Å²) in [6.45, 7) is 16.1. The van der Waals surface area contributed by atoms with Crippen molar-refractivity contribution in [2.45, 2.75) is 195 Å². The monoisotopic (exact) mass is 1230 g/mol. The van der Waals surface area contributed by atoms with E-state index in [-0.39, 0.29) is 109 Å². The van der Waals surface area contributed by atoms with Gasteiger partial charge in [0.25, 0.3) is 0 Å². The highest BCUT2D eigenvalue weighted by atomic mass is 32.2. The normalized spacial score (nSPS) is 28.1. The lowest BCUT2D eigenvalue weighted by molar-refractivity contribution is -0.175. The molecule has 6 aliphatic rings. The highest BCUT2D eigenvalue weighted by Gasteiger charge is 2.64. The van der Waals surface area contributed by atoms with E-state index in [0.717, 1.165) is 51.4 Å². The standard InChI is InChI=1S/C65H92N6O13S2/c1-36(44-21-22-45-43-20-18-40-31-41(72)25-26-64(40,7)46(43)33-51(73)65(44,45)8)17-24-53(75)67-48(60(79)80)15-12-13-27-66-52(74)16-11-10-14-28-71(30-29-70(9)54(76)34-63(5,6)55-39(4)56(77)37(2)38(3)57(55)78)62(83)84-42-19-23-47-50(32-42)86-59(68-47)58-69-49(35-85-58)61(81)82/h19,23,32,36,40-41,43-46,48-49,51,72-73H,10-18,20-22,24-31,33-35H2,1-9H3,(H,66,74)(H,67,75)(H,79,80)(H,81,82)/t36-,40-,41-,43?,44-,45+,46+,48?,49?,51+,64+,65-/m1/s1. The number of Topliss-reactive ketones (excluding diaryl/α,β-unsaturated/α-hetero) is 2. The van der Waals surface area contributed by atoms with E-state index in [1.165, 1.54) is 32.9 Å². The van der Waals surface area contributed by atoms with Crippen molar-refractivity contribution in [3.05, 3.63) is 45.5 Å². The Morgan fingerprint density at radius 2 is 1.58 bits per heavy atom. The number of carboxylic acid groups (broad SMARTS) is 2. The molecule has 86 heavy (non-hydrogen) atoms. The number of nitrogens with zero attached hydrogens (tertiary/aromatic N) is 4. The molecule has 0 saturated heterocycles. The van der Waals surface area contributed by atoms with Crippen molar-refractivity contribution in [3.8, 4) is 5.75 Å². The Kier molecular flexibility index (Phi) is 21.6. The number of thiazole rings is 1. The van der Waals surface area contributed by atoms with Crippen molar-refractivity contribution in [1.29, 1.82) is 0 Å². The van der Waals surface area contributed by atoms with Gasteiger partial charge in [-0.25, -0.2) is 19.4 Å². The number of nitrogens with one attached hydrogen (secondary N) is 2. The first-order valence-electron chi connectivity index (χ1n) is 31.3. The van der Waals surface area contributed by atoms with Crippen molar-refractivity contribution >= 4 is 85.7 Å². The molecule has 6 N–H and O–H groups in total. The Labute approximate surface area is 514 Å². The van der Waals surface area contributed by atoms with Crippen molar-refractivity contribution in [2.24, 2.45) is 56.7 Å². The zero-order valence-electron chi connectivity index (χ0n) is 51.8. The first kappa shape index (κ1) is 66.4. The van der Waals surface area contributed by atoms with E-state index in [1.54, 1.807) is 59.9 Å². The minimum absolute atomic E-state index is 0.0577. The third-order valence-corrected chi connectivity index (χ3v) is 23.3. The molecule has 5 aliphatic carbocycles. The van der Waals surface area contributed by atoms with E-state index in [1.807, 2.05) is 0 Å². The molecule has 2 aromatic rings. The minimum Gasteiger partial charge on any atom is -0.480 e. The Morgan fingerprint density at radius 3 is 2.30 bits per heavy atom. The van der Waals surface area contributed by atoms with Gasteiger partial charge in [-0.3, -0.25) is 29.0 Å². The summed E-state index contributed by atoms with van der Waals surface area (Å²) in [6.07, 6.45) is 10.5. The molecular weight excluding hydrogens is 1140 g/mol. The zero-order chi connectivity index (χ0) is 62.6. The molecule has 8 rings (SSSR count). The van der Waals surface area contributed by atoms with Crippen LogP contribution < -0.4 is 15.4 Å². The van der Waals surface area contributed by atoms with Gasteiger partial charge in [-0.1, -0.05) is 41.0 Å². The van der Waals surface area contributed by atoms with Crippen molar-refractivity contribution in [2.75, 3.05) is 39.0 Å². The van der Waals surface area contributed by atoms with Gasteiger partial charge < -0.3 is 45.6 Å². The van der Waals surface area contributed by atoms with Crippen molar-refractivity contribution < 1.29 is 63.5 Å². The third-order valence-electron chi connectivity index (χ3n) is 21.1. The van der Waals surface area contributed by atoms with Crippen LogP contribution in [0.5, 0.6) is 5.75 Å². The number of ether oxygens (including phenoxy) is 1. The lowest BCUT2D eigenvalue weighted by Gasteiger charge is -2.62. The molecular formula is C65H92N6O13S2. The Morgan fingerprint density at radius 1 is 0.837 bits per heavy atom. The van der Waals surface area contributed by atoms with Crippen molar-refractivity contribution in [3.63, 3.8) is 0 Å². The van der Waals surface area contributed by atoms with E-state index in [9.17, 15) is 58.8 Å². The van der Waals surface area contributed by atoms with Crippen molar-refractivity contribution in [1.82, 2.24) is 25.4 Å². The van der Waals surface area contributed by atoms with Crippen LogP contribution in [0.1, 0.15) is 176 Å². The summed E-state index contributed by atoms with van der Waals surface area (Å²) in [5.41, 5.74) is 1.02. The van der Waals surface area contributed by atoms with E-state index < -0.39 is 41.6 Å². The average Bonchev–Trinajstić information content (AvgIpc) is 1.35. The zero-order valence-corrected chi connectivity index (χ0v) is 53.5. The van der Waals surface area contributed by atoms with Crippen LogP contribution in [0.3, 0.4) is 0 Å². The molecule has 3 unspecified atom stereocenters. The van der Waals surface area contributed by atoms with Gasteiger partial charge in [0.1, 0.15) is 21.8 Å². The second-order valence-corrected chi connectivity index (χ2v) is 28.9. The first-order valence-corrected chi connectivity index (χ1v) is 33.1. The van der Waals surface area contributed by atoms with Crippen LogP contribution in [0.25, 0.3) is 10.2 Å². The molecule has 0 spiro atoms. The third kappa shape index (κ3) is 14.6. The molecule has 4 amide bonds. The Balaban J connectivity index is 0.769. The molecule has 12 atom stereocenters. The van der Waals surface area contributed by atoms with Crippen LogP contribution in [0.15, 0.2) is 45.5 Å². The smallest absolute Gasteiger partial charge is 0.415 e. The summed E-state index contributed by atoms with van der Waals surface area (Å²) < 4.78 is 6.61. The Bertz CT molecular complexity index is 3030. The number of amides is 4. The van der Waals surface area contributed by atoms with E-state index in [0.29, 0.717) is 117 Å². The molecule has 19 nitrogen and oxygen atoms in total. The quantitative estimate of drug-likeness (QED) is 0.0378. The lowest BCUT2D eigenvalue weighted by atomic mass is 9.43. The predicted octanol–water partition coefficient (Wildman–Crippen LogP) is 9.55. The highest BCUT2D eigenvalue weighted by Crippen LogP contribution is 2.68. The number of carbonyl (C=O) groups is 8. The molecule has 0 bridgehead atoms. The fourth-order valence-electron chi connectivity index (χ4n) is 15.8. The number of rotatable bonds is 26. The summed E-state index contributed by atoms with van der Waals surface area (Å²) >= 11 is 2.63. The lowest BCUT2D eigenvalue weighted by Crippen LogP contribution is -2.58. The van der Waals surface area contributed by atoms with Gasteiger partial charge in [-0.2, -0.15) is 0 Å². The molecule has 472 valence electrons. The molecule has 1 aromatic carbocycles. The van der Waals surface area contributed by atoms with Gasteiger partial charge in [0.2, 0.25) is 17.7 Å². The largest absolute Gasteiger partial charge is 0.480 e. The van der Waals surface area contributed by atoms with Gasteiger partial charge in [0, 0.05) is 92.0 Å². The Hall–Kier alpha value is -5.51. The first-order chi connectivity index (χ1) is 40.6. The van der Waals surface area contributed by atoms with Crippen LogP contribution in [0.4, 0.5) is 4.79 Å². The average molecular weight is 1230 g/mol. The topological polar surface area (TPSA) is 282 Å². The summed E-state index contributed by atoms with van der Waals surface area (Å²) in [6, 6.07) is 3.13. The number of aliphatic hydroxyl groups excluding tert-OH is 2. The van der Waals surface area contributed by atoms with Gasteiger partial charge in [-0.15, -0.1) is 23.1 Å². The number of aliphatic imine (C=N–C) groups is 1. The molecule has 1 aromatic heterocycles. The number of carboxylic acids is 2.